The lowest BCUT2D eigenvalue weighted by molar-refractivity contribution is -0.288. The number of esters is 4. The van der Waals surface area contributed by atoms with Crippen molar-refractivity contribution in [2.75, 3.05) is 6.61 Å². The van der Waals surface area contributed by atoms with E-state index in [0.29, 0.717) is 11.3 Å². The molecule has 1 aliphatic carbocycles. The van der Waals surface area contributed by atoms with Crippen LogP contribution in [0.15, 0.2) is 57.7 Å². The van der Waals surface area contributed by atoms with Crippen molar-refractivity contribution in [2.45, 2.75) is 104 Å². The van der Waals surface area contributed by atoms with E-state index in [1.165, 1.54) is 13.0 Å². The van der Waals surface area contributed by atoms with Crippen LogP contribution in [-0.4, -0.2) is 67.3 Å². The lowest BCUT2D eigenvalue weighted by Gasteiger charge is -2.43. The molecule has 5 rings (SSSR count). The molecule has 1 saturated heterocycles. The first-order valence-corrected chi connectivity index (χ1v) is 16.8. The second-order valence-electron chi connectivity index (χ2n) is 12.7. The number of rotatable bonds is 12. The number of benzene rings is 2. The SMILES string of the molecule is CC(=O)OC[C@H]1O[C@H](Oc2ccc3c(OCc4ccccc4)c(O[C@H]4CC[C@H](C)CC4)c(=O)oc3c2)[C@@H](OC(C)=O)[C@@H](OC(C)=O)[C@@H]1OC(C)=O. The van der Waals surface area contributed by atoms with E-state index < -0.39 is 66.8 Å². The highest BCUT2D eigenvalue weighted by atomic mass is 16.7. The molecular weight excluding hydrogens is 668 g/mol. The molecule has 0 amide bonds. The van der Waals surface area contributed by atoms with E-state index in [1.54, 1.807) is 12.1 Å². The van der Waals surface area contributed by atoms with Gasteiger partial charge in [-0.25, -0.2) is 4.79 Å². The number of carbonyl (C=O) groups excluding carboxylic acids is 4. The first-order chi connectivity index (χ1) is 24.4. The second-order valence-corrected chi connectivity index (χ2v) is 12.7. The molecule has 1 saturated carbocycles. The van der Waals surface area contributed by atoms with Crippen LogP contribution in [0.5, 0.6) is 17.2 Å². The van der Waals surface area contributed by atoms with Gasteiger partial charge in [0.15, 0.2) is 18.0 Å². The van der Waals surface area contributed by atoms with Crippen LogP contribution < -0.4 is 19.8 Å². The van der Waals surface area contributed by atoms with Crippen molar-refractivity contribution in [1.82, 2.24) is 0 Å². The Morgan fingerprint density at radius 1 is 0.745 bits per heavy atom. The molecule has 2 aromatic carbocycles. The Hall–Kier alpha value is -5.11. The van der Waals surface area contributed by atoms with Gasteiger partial charge in [-0.3, -0.25) is 19.2 Å². The summed E-state index contributed by atoms with van der Waals surface area (Å²) in [5.74, 6) is -2.11. The van der Waals surface area contributed by atoms with Crippen molar-refractivity contribution >= 4 is 34.8 Å². The highest BCUT2D eigenvalue weighted by Crippen LogP contribution is 2.38. The Morgan fingerprint density at radius 2 is 1.39 bits per heavy atom. The average molecular weight is 711 g/mol. The Morgan fingerprint density at radius 3 is 2.04 bits per heavy atom. The number of ether oxygens (including phenoxy) is 8. The standard InChI is InChI=1S/C37H42O14/c1-20-11-13-26(14-12-20)48-34-31(44-18-25-9-7-6-8-10-25)28-16-15-27(17-29(28)50-36(34)42)49-37-35(47-24(5)41)33(46-23(4)40)32(45-22(3)39)30(51-37)19-43-21(2)38/h6-10,15-17,20,26,30,32-33,35,37H,11-14,18-19H2,1-5H3/t20-,26-,30-,32-,33+,35+,37+/m1/s1. The molecule has 14 heteroatoms. The first kappa shape index (κ1) is 37.2. The monoisotopic (exact) mass is 710 g/mol. The Balaban J connectivity index is 1.51. The summed E-state index contributed by atoms with van der Waals surface area (Å²) in [6.45, 7) is 6.48. The molecule has 0 N–H and O–H groups in total. The molecule has 0 unspecified atom stereocenters. The van der Waals surface area contributed by atoms with E-state index >= 15 is 0 Å². The summed E-state index contributed by atoms with van der Waals surface area (Å²) < 4.78 is 52.0. The summed E-state index contributed by atoms with van der Waals surface area (Å²) in [4.78, 5) is 61.7. The molecular formula is C37H42O14. The van der Waals surface area contributed by atoms with Gasteiger partial charge in [0.1, 0.15) is 30.7 Å². The molecule has 274 valence electrons. The van der Waals surface area contributed by atoms with Gasteiger partial charge in [0, 0.05) is 33.8 Å². The molecule has 14 nitrogen and oxygen atoms in total. The molecule has 2 fully saturated rings. The minimum Gasteiger partial charge on any atom is -0.484 e. The van der Waals surface area contributed by atoms with E-state index in [2.05, 4.69) is 6.92 Å². The summed E-state index contributed by atoms with van der Waals surface area (Å²) in [6, 6.07) is 14.1. The molecule has 0 bridgehead atoms. The van der Waals surface area contributed by atoms with Crippen molar-refractivity contribution in [1.29, 1.82) is 0 Å². The quantitative estimate of drug-likeness (QED) is 0.143. The van der Waals surface area contributed by atoms with Crippen molar-refractivity contribution in [3.8, 4) is 17.2 Å². The van der Waals surface area contributed by atoms with Gasteiger partial charge >= 0.3 is 29.5 Å². The molecule has 2 aliphatic rings. The smallest absolute Gasteiger partial charge is 0.383 e. The molecule has 3 aromatic rings. The number of fused-ring (bicyclic) bond motifs is 1. The number of carbonyl (C=O) groups is 4. The van der Waals surface area contributed by atoms with Crippen molar-refractivity contribution < 1.29 is 61.5 Å². The van der Waals surface area contributed by atoms with E-state index in [1.807, 2.05) is 30.3 Å². The minimum atomic E-state index is -1.49. The summed E-state index contributed by atoms with van der Waals surface area (Å²) in [5, 5.41) is 0.429. The summed E-state index contributed by atoms with van der Waals surface area (Å²) >= 11 is 0. The van der Waals surface area contributed by atoms with Gasteiger partial charge in [0.05, 0.1) is 11.5 Å². The van der Waals surface area contributed by atoms with Crippen LogP contribution in [0.3, 0.4) is 0 Å². The van der Waals surface area contributed by atoms with Crippen LogP contribution in [0, 0.1) is 5.92 Å². The van der Waals surface area contributed by atoms with E-state index in [-0.39, 0.29) is 35.5 Å². The fourth-order valence-electron chi connectivity index (χ4n) is 6.12. The maximum atomic E-state index is 13.5. The van der Waals surface area contributed by atoms with Crippen LogP contribution >= 0.6 is 0 Å². The van der Waals surface area contributed by atoms with Crippen LogP contribution in [0.1, 0.15) is 65.9 Å². The van der Waals surface area contributed by atoms with Crippen LogP contribution in [0.4, 0.5) is 0 Å². The zero-order valence-corrected chi connectivity index (χ0v) is 29.1. The molecule has 1 aliphatic heterocycles. The fraction of sp³-hybridized carbons (Fsp3) is 0.486. The number of hydrogen-bond donors (Lipinski definition) is 0. The van der Waals surface area contributed by atoms with E-state index in [4.69, 9.17) is 42.3 Å². The zero-order valence-electron chi connectivity index (χ0n) is 29.1. The largest absolute Gasteiger partial charge is 0.484 e. The third kappa shape index (κ3) is 9.78. The minimum absolute atomic E-state index is 0.0220. The maximum absolute atomic E-state index is 13.5. The maximum Gasteiger partial charge on any atom is 0.383 e. The lowest BCUT2D eigenvalue weighted by Crippen LogP contribution is -2.63. The molecule has 2 heterocycles. The zero-order chi connectivity index (χ0) is 36.7. The Kier molecular flexibility index (Phi) is 12.2. The third-order valence-electron chi connectivity index (χ3n) is 8.47. The second kappa shape index (κ2) is 16.7. The van der Waals surface area contributed by atoms with Crippen molar-refractivity contribution in [3.63, 3.8) is 0 Å². The number of hydrogen-bond acceptors (Lipinski definition) is 14. The van der Waals surface area contributed by atoms with Crippen molar-refractivity contribution in [2.24, 2.45) is 5.92 Å². The fourth-order valence-corrected chi connectivity index (χ4v) is 6.12. The molecule has 51 heavy (non-hydrogen) atoms. The summed E-state index contributed by atoms with van der Waals surface area (Å²) in [6.07, 6.45) is -3.56. The highest BCUT2D eigenvalue weighted by Gasteiger charge is 2.53. The third-order valence-corrected chi connectivity index (χ3v) is 8.47. The van der Waals surface area contributed by atoms with Gasteiger partial charge in [0.2, 0.25) is 18.1 Å². The average Bonchev–Trinajstić information content (AvgIpc) is 3.07. The van der Waals surface area contributed by atoms with Crippen LogP contribution in [0.2, 0.25) is 0 Å². The van der Waals surface area contributed by atoms with Crippen LogP contribution in [0.25, 0.3) is 11.0 Å². The normalized spacial score (nSPS) is 24.5. The summed E-state index contributed by atoms with van der Waals surface area (Å²) in [7, 11) is 0. The van der Waals surface area contributed by atoms with Crippen molar-refractivity contribution in [3.05, 3.63) is 64.5 Å². The van der Waals surface area contributed by atoms with Gasteiger partial charge in [-0.1, -0.05) is 37.3 Å². The Bertz CT molecular complexity index is 1760. The van der Waals surface area contributed by atoms with Crippen LogP contribution in [-0.2, 0) is 49.5 Å². The predicted molar refractivity (Wildman–Crippen MR) is 178 cm³/mol. The van der Waals surface area contributed by atoms with Gasteiger partial charge in [-0.05, 0) is 49.3 Å². The lowest BCUT2D eigenvalue weighted by atomic mass is 9.89. The molecule has 0 radical (unpaired) electrons. The molecule has 0 spiro atoms. The highest BCUT2D eigenvalue weighted by molar-refractivity contribution is 5.86. The van der Waals surface area contributed by atoms with Gasteiger partial charge in [-0.2, -0.15) is 0 Å². The van der Waals surface area contributed by atoms with Gasteiger partial charge < -0.3 is 42.3 Å². The topological polar surface area (TPSA) is 172 Å². The molecule has 1 aromatic heterocycles. The molecule has 5 atom stereocenters. The summed E-state index contributed by atoms with van der Waals surface area (Å²) in [5.41, 5.74) is 0.226. The van der Waals surface area contributed by atoms with Gasteiger partial charge in [0.25, 0.3) is 0 Å². The van der Waals surface area contributed by atoms with E-state index in [9.17, 15) is 24.0 Å². The Labute approximate surface area is 294 Å². The predicted octanol–water partition coefficient (Wildman–Crippen LogP) is 4.79. The van der Waals surface area contributed by atoms with Gasteiger partial charge in [-0.15, -0.1) is 0 Å². The van der Waals surface area contributed by atoms with E-state index in [0.717, 1.165) is 52.0 Å². The first-order valence-electron chi connectivity index (χ1n) is 16.8.